The minimum Gasteiger partial charge on any atom is -0.395 e. The minimum atomic E-state index is -0.443. The second-order valence-corrected chi connectivity index (χ2v) is 5.28. The van der Waals surface area contributed by atoms with Crippen molar-refractivity contribution in [3.8, 4) is 0 Å². The zero-order chi connectivity index (χ0) is 14.4. The quantitative estimate of drug-likeness (QED) is 0.675. The Morgan fingerprint density at radius 2 is 2.16 bits per heavy atom. The molecule has 6 nitrogen and oxygen atoms in total. The van der Waals surface area contributed by atoms with Crippen molar-refractivity contribution in [2.45, 2.75) is 32.9 Å². The molecule has 0 spiro atoms. The number of carbonyl (C=O) groups excluding carboxylic acids is 2. The predicted molar refractivity (Wildman–Crippen MR) is 70.7 cm³/mol. The zero-order valence-electron chi connectivity index (χ0n) is 11.9. The summed E-state index contributed by atoms with van der Waals surface area (Å²) in [4.78, 5) is 25.3. The number of nitrogens with one attached hydrogen (secondary N) is 1. The summed E-state index contributed by atoms with van der Waals surface area (Å²) in [5, 5.41) is 12.0. The number of aliphatic hydroxyl groups excluding tert-OH is 1. The highest BCUT2D eigenvalue weighted by Gasteiger charge is 2.26. The molecule has 1 saturated heterocycles. The van der Waals surface area contributed by atoms with Crippen LogP contribution in [0, 0.1) is 5.92 Å². The molecule has 2 N–H and O–H groups in total. The van der Waals surface area contributed by atoms with Gasteiger partial charge in [0.1, 0.15) is 0 Å². The maximum absolute atomic E-state index is 12.0. The van der Waals surface area contributed by atoms with Gasteiger partial charge in [0.2, 0.25) is 5.91 Å². The summed E-state index contributed by atoms with van der Waals surface area (Å²) in [7, 11) is 0. The molecule has 1 aliphatic heterocycles. The third kappa shape index (κ3) is 4.89. The Bertz CT molecular complexity index is 320. The molecule has 0 saturated carbocycles. The van der Waals surface area contributed by atoms with E-state index in [2.05, 4.69) is 5.32 Å². The molecule has 1 aliphatic rings. The molecule has 0 aromatic heterocycles. The van der Waals surface area contributed by atoms with E-state index >= 15 is 0 Å². The number of hydrogen-bond donors (Lipinski definition) is 2. The van der Waals surface area contributed by atoms with Gasteiger partial charge in [-0.15, -0.1) is 0 Å². The molecule has 110 valence electrons. The molecule has 0 aromatic rings. The Hall–Kier alpha value is -0.980. The van der Waals surface area contributed by atoms with Gasteiger partial charge in [0.15, 0.2) is 5.78 Å². The number of Topliss-reactive ketones (excluding diaryl/α,β-unsaturated/α-hetero) is 1. The van der Waals surface area contributed by atoms with Crippen molar-refractivity contribution >= 4 is 11.7 Å². The first-order valence-corrected chi connectivity index (χ1v) is 6.68. The van der Waals surface area contributed by atoms with E-state index in [4.69, 9.17) is 4.74 Å². The number of morpholine rings is 1. The minimum absolute atomic E-state index is 0.0341. The first kappa shape index (κ1) is 16.1. The number of rotatable bonds is 6. The second kappa shape index (κ2) is 7.57. The molecule has 0 radical (unpaired) electrons. The highest BCUT2D eigenvalue weighted by atomic mass is 16.5. The fraction of sp³-hybridized carbons (Fsp3) is 0.846. The molecule has 0 aromatic carbocycles. The number of aliphatic hydroxyl groups is 1. The van der Waals surface area contributed by atoms with Crippen molar-refractivity contribution in [2.24, 2.45) is 5.92 Å². The number of hydrogen-bond acceptors (Lipinski definition) is 5. The average Bonchev–Trinajstić information content (AvgIpc) is 2.36. The van der Waals surface area contributed by atoms with Crippen LogP contribution < -0.4 is 5.32 Å². The smallest absolute Gasteiger partial charge is 0.234 e. The molecule has 1 rings (SSSR count). The van der Waals surface area contributed by atoms with Crippen LogP contribution in [0.2, 0.25) is 0 Å². The average molecular weight is 272 g/mol. The molecule has 0 bridgehead atoms. The van der Waals surface area contributed by atoms with Crippen LogP contribution in [0.25, 0.3) is 0 Å². The SMILES string of the molecule is CC(=O)C(NC(=O)CN1CCOCC1CO)C(C)C. The van der Waals surface area contributed by atoms with E-state index in [0.717, 1.165) is 0 Å². The summed E-state index contributed by atoms with van der Waals surface area (Å²) < 4.78 is 5.25. The number of ether oxygens (including phenoxy) is 1. The molecular formula is C13H24N2O4. The summed E-state index contributed by atoms with van der Waals surface area (Å²) in [6.07, 6.45) is 0. The highest BCUT2D eigenvalue weighted by molar-refractivity contribution is 5.88. The van der Waals surface area contributed by atoms with Gasteiger partial charge in [0.05, 0.1) is 38.4 Å². The summed E-state index contributed by atoms with van der Waals surface area (Å²) in [6, 6.07) is -0.588. The lowest BCUT2D eigenvalue weighted by Crippen LogP contribution is -2.53. The number of nitrogens with zero attached hydrogens (tertiary/aromatic N) is 1. The summed E-state index contributed by atoms with van der Waals surface area (Å²) >= 11 is 0. The fourth-order valence-corrected chi connectivity index (χ4v) is 2.21. The standard InChI is InChI=1S/C13H24N2O4/c1-9(2)13(10(3)17)14-12(18)6-15-4-5-19-8-11(15)7-16/h9,11,13,16H,4-8H2,1-3H3,(H,14,18). The van der Waals surface area contributed by atoms with Crippen LogP contribution in [0.5, 0.6) is 0 Å². The monoisotopic (exact) mass is 272 g/mol. The Balaban J connectivity index is 2.51. The van der Waals surface area contributed by atoms with Gasteiger partial charge in [0.25, 0.3) is 0 Å². The molecule has 6 heteroatoms. The third-order valence-electron chi connectivity index (χ3n) is 3.33. The molecule has 0 aliphatic carbocycles. The molecule has 19 heavy (non-hydrogen) atoms. The van der Waals surface area contributed by atoms with Gasteiger partial charge in [-0.1, -0.05) is 13.8 Å². The zero-order valence-corrected chi connectivity index (χ0v) is 11.9. The van der Waals surface area contributed by atoms with Gasteiger partial charge >= 0.3 is 0 Å². The lowest BCUT2D eigenvalue weighted by molar-refractivity contribution is -0.130. The van der Waals surface area contributed by atoms with E-state index in [1.54, 1.807) is 0 Å². The van der Waals surface area contributed by atoms with Gasteiger partial charge in [0, 0.05) is 6.54 Å². The van der Waals surface area contributed by atoms with Crippen LogP contribution in [0.15, 0.2) is 0 Å². The van der Waals surface area contributed by atoms with E-state index in [0.29, 0.717) is 19.8 Å². The molecule has 1 amide bonds. The fourth-order valence-electron chi connectivity index (χ4n) is 2.21. The lowest BCUT2D eigenvalue weighted by atomic mass is 10.0. The number of amides is 1. The number of ketones is 1. The summed E-state index contributed by atoms with van der Waals surface area (Å²) in [5.41, 5.74) is 0. The van der Waals surface area contributed by atoms with Crippen LogP contribution in [0.1, 0.15) is 20.8 Å². The maximum atomic E-state index is 12.0. The van der Waals surface area contributed by atoms with Crippen molar-refractivity contribution in [3.05, 3.63) is 0 Å². The van der Waals surface area contributed by atoms with Gasteiger partial charge in [-0.2, -0.15) is 0 Å². The van der Waals surface area contributed by atoms with Crippen LogP contribution >= 0.6 is 0 Å². The molecule has 2 unspecified atom stereocenters. The predicted octanol–water partition coefficient (Wildman–Crippen LogP) is -0.591. The second-order valence-electron chi connectivity index (χ2n) is 5.28. The van der Waals surface area contributed by atoms with Crippen LogP contribution in [-0.4, -0.2) is 66.7 Å². The topological polar surface area (TPSA) is 78.9 Å². The van der Waals surface area contributed by atoms with Crippen molar-refractivity contribution in [2.75, 3.05) is 32.9 Å². The maximum Gasteiger partial charge on any atom is 0.234 e. The Morgan fingerprint density at radius 1 is 1.47 bits per heavy atom. The van der Waals surface area contributed by atoms with E-state index in [1.165, 1.54) is 6.92 Å². The van der Waals surface area contributed by atoms with Crippen molar-refractivity contribution < 1.29 is 19.4 Å². The van der Waals surface area contributed by atoms with Crippen LogP contribution in [-0.2, 0) is 14.3 Å². The molecular weight excluding hydrogens is 248 g/mol. The molecule has 2 atom stereocenters. The lowest BCUT2D eigenvalue weighted by Gasteiger charge is -2.34. The van der Waals surface area contributed by atoms with Gasteiger partial charge in [-0.25, -0.2) is 0 Å². The van der Waals surface area contributed by atoms with Crippen LogP contribution in [0.4, 0.5) is 0 Å². The van der Waals surface area contributed by atoms with Gasteiger partial charge in [-0.3, -0.25) is 14.5 Å². The van der Waals surface area contributed by atoms with Crippen molar-refractivity contribution in [3.63, 3.8) is 0 Å². The van der Waals surface area contributed by atoms with Crippen LogP contribution in [0.3, 0.4) is 0 Å². The van der Waals surface area contributed by atoms with Gasteiger partial charge in [-0.05, 0) is 12.8 Å². The molecule has 1 fully saturated rings. The summed E-state index contributed by atoms with van der Waals surface area (Å²) in [5.74, 6) is -0.155. The molecule has 1 heterocycles. The first-order valence-electron chi connectivity index (χ1n) is 6.68. The Morgan fingerprint density at radius 3 is 2.68 bits per heavy atom. The first-order chi connectivity index (χ1) is 8.95. The normalized spacial score (nSPS) is 22.3. The van der Waals surface area contributed by atoms with Crippen molar-refractivity contribution in [1.82, 2.24) is 10.2 Å². The van der Waals surface area contributed by atoms with Crippen molar-refractivity contribution in [1.29, 1.82) is 0 Å². The van der Waals surface area contributed by atoms with Gasteiger partial charge < -0.3 is 15.2 Å². The van der Waals surface area contributed by atoms with E-state index in [1.807, 2.05) is 18.7 Å². The largest absolute Gasteiger partial charge is 0.395 e. The highest BCUT2D eigenvalue weighted by Crippen LogP contribution is 2.07. The van der Waals surface area contributed by atoms with E-state index in [-0.39, 0.29) is 36.8 Å². The Labute approximate surface area is 114 Å². The van der Waals surface area contributed by atoms with E-state index < -0.39 is 6.04 Å². The summed E-state index contributed by atoms with van der Waals surface area (Å²) in [6.45, 7) is 7.05. The van der Waals surface area contributed by atoms with E-state index in [9.17, 15) is 14.7 Å². The Kier molecular flexibility index (Phi) is 6.41. The number of carbonyl (C=O) groups is 2. The third-order valence-corrected chi connectivity index (χ3v) is 3.33.